The fourth-order valence-corrected chi connectivity index (χ4v) is 3.61. The Morgan fingerprint density at radius 3 is 2.72 bits per heavy atom. The molecule has 25 heavy (non-hydrogen) atoms. The molecule has 2 aromatic rings. The third-order valence-corrected chi connectivity index (χ3v) is 5.04. The molecule has 5 heteroatoms. The van der Waals surface area contributed by atoms with E-state index < -0.39 is 0 Å². The van der Waals surface area contributed by atoms with Crippen LogP contribution in [0.25, 0.3) is 0 Å². The first-order valence-electron chi connectivity index (χ1n) is 9.13. The van der Waals surface area contributed by atoms with E-state index in [1.807, 2.05) is 13.1 Å². The SMILES string of the molecule is Cc1cccc(N2CCC(NC(=O)C[C@H](C)n3ccnc3C)CC2)c1. The van der Waals surface area contributed by atoms with Crippen LogP contribution in [-0.2, 0) is 4.79 Å². The lowest BCUT2D eigenvalue weighted by Gasteiger charge is -2.34. The summed E-state index contributed by atoms with van der Waals surface area (Å²) in [6, 6.07) is 9.05. The van der Waals surface area contributed by atoms with Gasteiger partial charge in [-0.3, -0.25) is 4.79 Å². The molecule has 1 saturated heterocycles. The Morgan fingerprint density at radius 2 is 2.08 bits per heavy atom. The fourth-order valence-electron chi connectivity index (χ4n) is 3.61. The second kappa shape index (κ2) is 7.72. The molecule has 3 rings (SSSR count). The molecule has 1 fully saturated rings. The van der Waals surface area contributed by atoms with Gasteiger partial charge in [-0.2, -0.15) is 0 Å². The number of imidazole rings is 1. The monoisotopic (exact) mass is 340 g/mol. The van der Waals surface area contributed by atoms with Crippen molar-refractivity contribution in [3.8, 4) is 0 Å². The van der Waals surface area contributed by atoms with Gasteiger partial charge in [-0.15, -0.1) is 0 Å². The fraction of sp³-hybridized carbons (Fsp3) is 0.500. The van der Waals surface area contributed by atoms with Crippen LogP contribution in [0.2, 0.25) is 0 Å². The van der Waals surface area contributed by atoms with Crippen LogP contribution < -0.4 is 10.2 Å². The lowest BCUT2D eigenvalue weighted by molar-refractivity contribution is -0.122. The molecule has 134 valence electrons. The highest BCUT2D eigenvalue weighted by molar-refractivity contribution is 5.76. The van der Waals surface area contributed by atoms with Gasteiger partial charge in [0.25, 0.3) is 0 Å². The molecule has 0 aliphatic carbocycles. The zero-order chi connectivity index (χ0) is 17.8. The van der Waals surface area contributed by atoms with Crippen LogP contribution in [0.15, 0.2) is 36.7 Å². The zero-order valence-electron chi connectivity index (χ0n) is 15.4. The number of carbonyl (C=O) groups is 1. The predicted octanol–water partition coefficient (Wildman–Crippen LogP) is 3.24. The maximum absolute atomic E-state index is 12.4. The van der Waals surface area contributed by atoms with E-state index in [0.29, 0.717) is 6.42 Å². The summed E-state index contributed by atoms with van der Waals surface area (Å²) in [6.07, 6.45) is 6.21. The number of rotatable bonds is 5. The number of anilines is 1. The molecule has 1 aliphatic heterocycles. The zero-order valence-corrected chi connectivity index (χ0v) is 15.4. The van der Waals surface area contributed by atoms with Crippen molar-refractivity contribution in [2.24, 2.45) is 0 Å². The summed E-state index contributed by atoms with van der Waals surface area (Å²) in [7, 11) is 0. The van der Waals surface area contributed by atoms with Crippen molar-refractivity contribution in [1.82, 2.24) is 14.9 Å². The van der Waals surface area contributed by atoms with E-state index in [-0.39, 0.29) is 18.0 Å². The number of aromatic nitrogens is 2. The van der Waals surface area contributed by atoms with Crippen LogP contribution in [0.5, 0.6) is 0 Å². The van der Waals surface area contributed by atoms with Gasteiger partial charge in [0.15, 0.2) is 0 Å². The summed E-state index contributed by atoms with van der Waals surface area (Å²) in [5, 5.41) is 3.22. The molecule has 2 heterocycles. The Balaban J connectivity index is 1.47. The summed E-state index contributed by atoms with van der Waals surface area (Å²) >= 11 is 0. The predicted molar refractivity (Wildman–Crippen MR) is 101 cm³/mol. The van der Waals surface area contributed by atoms with E-state index >= 15 is 0 Å². The van der Waals surface area contributed by atoms with Crippen LogP contribution in [0.3, 0.4) is 0 Å². The van der Waals surface area contributed by atoms with Gasteiger partial charge >= 0.3 is 0 Å². The summed E-state index contributed by atoms with van der Waals surface area (Å²) in [4.78, 5) is 19.0. The highest BCUT2D eigenvalue weighted by atomic mass is 16.1. The Morgan fingerprint density at radius 1 is 1.32 bits per heavy atom. The number of hydrogen-bond acceptors (Lipinski definition) is 3. The summed E-state index contributed by atoms with van der Waals surface area (Å²) < 4.78 is 2.06. The normalized spacial score (nSPS) is 16.7. The van der Waals surface area contributed by atoms with Gasteiger partial charge in [0.05, 0.1) is 0 Å². The van der Waals surface area contributed by atoms with Crippen molar-refractivity contribution >= 4 is 11.6 Å². The van der Waals surface area contributed by atoms with Crippen molar-refractivity contribution in [3.05, 3.63) is 48.0 Å². The second-order valence-electron chi connectivity index (χ2n) is 7.10. The van der Waals surface area contributed by atoms with Crippen molar-refractivity contribution in [2.75, 3.05) is 18.0 Å². The van der Waals surface area contributed by atoms with E-state index in [0.717, 1.165) is 31.8 Å². The van der Waals surface area contributed by atoms with Crippen LogP contribution in [0, 0.1) is 13.8 Å². The first kappa shape index (κ1) is 17.5. The molecule has 0 radical (unpaired) electrons. The quantitative estimate of drug-likeness (QED) is 0.909. The van der Waals surface area contributed by atoms with Crippen molar-refractivity contribution in [2.45, 2.75) is 52.1 Å². The largest absolute Gasteiger partial charge is 0.371 e. The minimum absolute atomic E-state index is 0.134. The smallest absolute Gasteiger partial charge is 0.222 e. The van der Waals surface area contributed by atoms with Gasteiger partial charge in [0, 0.05) is 49.7 Å². The summed E-state index contributed by atoms with van der Waals surface area (Å²) in [5.41, 5.74) is 2.57. The van der Waals surface area contributed by atoms with Gasteiger partial charge in [0.2, 0.25) is 5.91 Å². The molecule has 1 aromatic heterocycles. The Hall–Kier alpha value is -2.30. The Kier molecular flexibility index (Phi) is 5.41. The topological polar surface area (TPSA) is 50.2 Å². The van der Waals surface area contributed by atoms with Crippen LogP contribution in [-0.4, -0.2) is 34.6 Å². The molecular formula is C20H28N4O. The number of benzene rings is 1. The van der Waals surface area contributed by atoms with E-state index in [4.69, 9.17) is 0 Å². The molecule has 1 amide bonds. The third kappa shape index (κ3) is 4.41. The number of nitrogens with zero attached hydrogens (tertiary/aromatic N) is 3. The van der Waals surface area contributed by atoms with Gasteiger partial charge in [-0.1, -0.05) is 12.1 Å². The maximum atomic E-state index is 12.4. The number of aryl methyl sites for hydroxylation is 2. The lowest BCUT2D eigenvalue weighted by Crippen LogP contribution is -2.45. The first-order chi connectivity index (χ1) is 12.0. The van der Waals surface area contributed by atoms with Crippen LogP contribution in [0.4, 0.5) is 5.69 Å². The minimum Gasteiger partial charge on any atom is -0.371 e. The Labute approximate surface area is 150 Å². The van der Waals surface area contributed by atoms with E-state index in [9.17, 15) is 4.79 Å². The van der Waals surface area contributed by atoms with Gasteiger partial charge in [-0.25, -0.2) is 4.98 Å². The summed E-state index contributed by atoms with van der Waals surface area (Å²) in [6.45, 7) is 8.14. The molecule has 1 aromatic carbocycles. The molecule has 1 atom stereocenters. The molecule has 1 N–H and O–H groups in total. The molecular weight excluding hydrogens is 312 g/mol. The number of carbonyl (C=O) groups excluding carboxylic acids is 1. The maximum Gasteiger partial charge on any atom is 0.222 e. The van der Waals surface area contributed by atoms with Gasteiger partial charge in [-0.05, 0) is 51.3 Å². The Bertz CT molecular complexity index is 716. The number of piperidine rings is 1. The molecule has 5 nitrogen and oxygen atoms in total. The van der Waals surface area contributed by atoms with Crippen molar-refractivity contribution in [3.63, 3.8) is 0 Å². The average Bonchev–Trinajstić information content (AvgIpc) is 3.01. The first-order valence-corrected chi connectivity index (χ1v) is 9.13. The average molecular weight is 340 g/mol. The molecule has 1 aliphatic rings. The minimum atomic E-state index is 0.134. The standard InChI is InChI=1S/C20H28N4O/c1-15-5-4-6-19(13-15)23-10-7-18(8-11-23)22-20(25)14-16(2)24-12-9-21-17(24)3/h4-6,9,12-13,16,18H,7-8,10-11,14H2,1-3H3,(H,22,25)/t16-/m0/s1. The van der Waals surface area contributed by atoms with Gasteiger partial charge in [0.1, 0.15) is 5.82 Å². The van der Waals surface area contributed by atoms with E-state index in [1.54, 1.807) is 6.20 Å². The van der Waals surface area contributed by atoms with Crippen LogP contribution in [0.1, 0.15) is 43.6 Å². The summed E-state index contributed by atoms with van der Waals surface area (Å²) in [5.74, 6) is 1.08. The van der Waals surface area contributed by atoms with Gasteiger partial charge < -0.3 is 14.8 Å². The number of amides is 1. The third-order valence-electron chi connectivity index (χ3n) is 5.04. The van der Waals surface area contributed by atoms with Crippen molar-refractivity contribution in [1.29, 1.82) is 0 Å². The highest BCUT2D eigenvalue weighted by Gasteiger charge is 2.22. The second-order valence-corrected chi connectivity index (χ2v) is 7.10. The molecule has 0 unspecified atom stereocenters. The highest BCUT2D eigenvalue weighted by Crippen LogP contribution is 2.21. The van der Waals surface area contributed by atoms with Crippen molar-refractivity contribution < 1.29 is 4.79 Å². The number of hydrogen-bond donors (Lipinski definition) is 1. The lowest BCUT2D eigenvalue weighted by atomic mass is 10.0. The van der Waals surface area contributed by atoms with E-state index in [2.05, 4.69) is 57.9 Å². The van der Waals surface area contributed by atoms with E-state index in [1.165, 1.54) is 11.3 Å². The van der Waals surface area contributed by atoms with Crippen LogP contribution >= 0.6 is 0 Å². The number of nitrogens with one attached hydrogen (secondary N) is 1. The molecule has 0 saturated carbocycles. The molecule has 0 bridgehead atoms. The molecule has 0 spiro atoms.